The number of amides is 2. The summed E-state index contributed by atoms with van der Waals surface area (Å²) in [6.45, 7) is 5.22. The molecule has 5 nitrogen and oxygen atoms in total. The van der Waals surface area contributed by atoms with Crippen LogP contribution in [0.3, 0.4) is 0 Å². The molecule has 2 rings (SSSR count). The molecule has 0 aromatic heterocycles. The molecule has 1 aliphatic carbocycles. The van der Waals surface area contributed by atoms with Gasteiger partial charge >= 0.3 is 5.97 Å². The highest BCUT2D eigenvalue weighted by Gasteiger charge is 2.54. The van der Waals surface area contributed by atoms with Crippen LogP contribution in [0.15, 0.2) is 11.1 Å². The molecule has 0 bridgehead atoms. The van der Waals surface area contributed by atoms with Crippen molar-refractivity contribution in [2.45, 2.75) is 52.0 Å². The Balaban J connectivity index is 2.40. The highest BCUT2D eigenvalue weighted by atomic mass is 16.4. The van der Waals surface area contributed by atoms with E-state index in [-0.39, 0.29) is 0 Å². The van der Waals surface area contributed by atoms with Gasteiger partial charge in [-0.15, -0.1) is 0 Å². The van der Waals surface area contributed by atoms with Crippen molar-refractivity contribution in [2.24, 2.45) is 5.92 Å². The molecule has 0 atom stereocenters. The number of carbonyl (C=O) groups excluding carboxylic acids is 2. The highest BCUT2D eigenvalue weighted by molar-refractivity contribution is 6.20. The number of nitrogens with zero attached hydrogens (tertiary/aromatic N) is 1. The number of imide groups is 1. The average molecular weight is 265 g/mol. The molecule has 104 valence electrons. The summed E-state index contributed by atoms with van der Waals surface area (Å²) < 4.78 is 0. The smallest absolute Gasteiger partial charge is 0.330 e. The number of carbonyl (C=O) groups is 3. The fraction of sp³-hybridized carbons (Fsp3) is 0.643. The topological polar surface area (TPSA) is 74.7 Å². The van der Waals surface area contributed by atoms with Gasteiger partial charge in [-0.3, -0.25) is 14.5 Å². The molecule has 1 aliphatic heterocycles. The van der Waals surface area contributed by atoms with Gasteiger partial charge in [0.25, 0.3) is 11.8 Å². The fourth-order valence-electron chi connectivity index (χ4n) is 2.91. The molecule has 1 heterocycles. The monoisotopic (exact) mass is 265 g/mol. The summed E-state index contributed by atoms with van der Waals surface area (Å²) in [6.07, 6.45) is 2.14. The molecular formula is C14H19NO4. The molecular weight excluding hydrogens is 246 g/mol. The molecule has 19 heavy (non-hydrogen) atoms. The first-order chi connectivity index (χ1) is 8.81. The van der Waals surface area contributed by atoms with E-state index in [1.807, 2.05) is 0 Å². The average Bonchev–Trinajstić information content (AvgIpc) is 2.56. The predicted molar refractivity (Wildman–Crippen MR) is 68.2 cm³/mol. The van der Waals surface area contributed by atoms with Gasteiger partial charge in [-0.1, -0.05) is 6.92 Å². The standard InChI is InChI=1S/C14H19NO4/c1-8-4-6-14(7-5-8,13(18)19)15-11(16)9(2)10(3)12(15)17/h8H,4-7H2,1-3H3,(H,18,19). The first kappa shape index (κ1) is 13.8. The molecule has 1 fully saturated rings. The number of carboxylic acid groups (broad SMARTS) is 1. The third-order valence-corrected chi connectivity index (χ3v) is 4.54. The van der Waals surface area contributed by atoms with Crippen molar-refractivity contribution in [3.05, 3.63) is 11.1 Å². The molecule has 0 aromatic rings. The zero-order valence-electron chi connectivity index (χ0n) is 11.5. The van der Waals surface area contributed by atoms with Gasteiger partial charge in [0.15, 0.2) is 0 Å². The number of carboxylic acids is 1. The minimum Gasteiger partial charge on any atom is -0.479 e. The second kappa shape index (κ2) is 4.47. The van der Waals surface area contributed by atoms with Crippen LogP contribution in [0.25, 0.3) is 0 Å². The molecule has 1 N–H and O–H groups in total. The Hall–Kier alpha value is -1.65. The van der Waals surface area contributed by atoms with Gasteiger partial charge in [0, 0.05) is 11.1 Å². The van der Waals surface area contributed by atoms with E-state index >= 15 is 0 Å². The molecule has 0 spiro atoms. The second-order valence-corrected chi connectivity index (χ2v) is 5.71. The third kappa shape index (κ3) is 1.88. The van der Waals surface area contributed by atoms with Crippen LogP contribution in [0.4, 0.5) is 0 Å². The van der Waals surface area contributed by atoms with E-state index in [1.165, 1.54) is 0 Å². The molecule has 0 unspecified atom stereocenters. The van der Waals surface area contributed by atoms with E-state index in [4.69, 9.17) is 0 Å². The summed E-state index contributed by atoms with van der Waals surface area (Å²) in [5.41, 5.74) is -0.617. The van der Waals surface area contributed by atoms with Gasteiger partial charge in [-0.2, -0.15) is 0 Å². The van der Waals surface area contributed by atoms with E-state index in [0.717, 1.165) is 17.7 Å². The Kier molecular flexibility index (Phi) is 3.24. The molecule has 2 aliphatic rings. The van der Waals surface area contributed by atoms with Crippen LogP contribution in [-0.4, -0.2) is 33.3 Å². The largest absolute Gasteiger partial charge is 0.479 e. The van der Waals surface area contributed by atoms with E-state index in [0.29, 0.717) is 29.9 Å². The molecule has 5 heteroatoms. The Morgan fingerprint density at radius 1 is 1.16 bits per heavy atom. The van der Waals surface area contributed by atoms with Crippen molar-refractivity contribution in [1.82, 2.24) is 4.90 Å². The van der Waals surface area contributed by atoms with E-state index in [1.54, 1.807) is 13.8 Å². The summed E-state index contributed by atoms with van der Waals surface area (Å²) in [4.78, 5) is 37.1. The summed E-state index contributed by atoms with van der Waals surface area (Å²) in [5, 5.41) is 9.58. The van der Waals surface area contributed by atoms with Crippen LogP contribution in [0.1, 0.15) is 46.5 Å². The maximum Gasteiger partial charge on any atom is 0.330 e. The summed E-state index contributed by atoms with van der Waals surface area (Å²) in [5.74, 6) is -1.52. The molecule has 0 aromatic carbocycles. The van der Waals surface area contributed by atoms with Crippen molar-refractivity contribution in [1.29, 1.82) is 0 Å². The van der Waals surface area contributed by atoms with E-state index in [2.05, 4.69) is 6.92 Å². The summed E-state index contributed by atoms with van der Waals surface area (Å²) in [6, 6.07) is 0. The van der Waals surface area contributed by atoms with E-state index in [9.17, 15) is 19.5 Å². The Morgan fingerprint density at radius 2 is 1.58 bits per heavy atom. The first-order valence-electron chi connectivity index (χ1n) is 6.61. The number of aliphatic carboxylic acids is 1. The number of rotatable bonds is 2. The van der Waals surface area contributed by atoms with Gasteiger partial charge in [0.2, 0.25) is 0 Å². The van der Waals surface area contributed by atoms with Gasteiger partial charge in [0.1, 0.15) is 5.54 Å². The summed E-state index contributed by atoms with van der Waals surface area (Å²) in [7, 11) is 0. The van der Waals surface area contributed by atoms with Crippen LogP contribution in [0, 0.1) is 5.92 Å². The quantitative estimate of drug-likeness (QED) is 0.771. The van der Waals surface area contributed by atoms with Crippen molar-refractivity contribution < 1.29 is 19.5 Å². The van der Waals surface area contributed by atoms with Crippen LogP contribution in [-0.2, 0) is 14.4 Å². The molecule has 0 radical (unpaired) electrons. The normalized spacial score (nSPS) is 32.2. The lowest BCUT2D eigenvalue weighted by Gasteiger charge is -2.41. The summed E-state index contributed by atoms with van der Waals surface area (Å²) >= 11 is 0. The lowest BCUT2D eigenvalue weighted by molar-refractivity contribution is -0.165. The van der Waals surface area contributed by atoms with Gasteiger partial charge in [-0.05, 0) is 45.4 Å². The third-order valence-electron chi connectivity index (χ3n) is 4.54. The number of hydrogen-bond acceptors (Lipinski definition) is 3. The molecule has 2 amide bonds. The zero-order chi connectivity index (χ0) is 14.4. The fourth-order valence-corrected chi connectivity index (χ4v) is 2.91. The maximum atomic E-state index is 12.2. The number of hydrogen-bond donors (Lipinski definition) is 1. The SMILES string of the molecule is CC1=C(C)C(=O)N(C2(C(=O)O)CCC(C)CC2)C1=O. The van der Waals surface area contributed by atoms with Crippen LogP contribution in [0.2, 0.25) is 0 Å². The Labute approximate surface area is 112 Å². The van der Waals surface area contributed by atoms with Crippen molar-refractivity contribution in [3.63, 3.8) is 0 Å². The van der Waals surface area contributed by atoms with Crippen molar-refractivity contribution >= 4 is 17.8 Å². The zero-order valence-corrected chi connectivity index (χ0v) is 11.5. The van der Waals surface area contributed by atoms with Gasteiger partial charge in [0.05, 0.1) is 0 Å². The van der Waals surface area contributed by atoms with Gasteiger partial charge < -0.3 is 5.11 Å². The predicted octanol–water partition coefficient (Wildman–Crippen LogP) is 1.73. The van der Waals surface area contributed by atoms with Crippen LogP contribution < -0.4 is 0 Å². The minimum atomic E-state index is -1.35. The highest BCUT2D eigenvalue weighted by Crippen LogP contribution is 2.40. The molecule has 1 saturated carbocycles. The van der Waals surface area contributed by atoms with E-state index < -0.39 is 23.3 Å². The Morgan fingerprint density at radius 3 is 1.95 bits per heavy atom. The lowest BCUT2D eigenvalue weighted by Crippen LogP contribution is -2.59. The first-order valence-corrected chi connectivity index (χ1v) is 6.61. The van der Waals surface area contributed by atoms with Crippen molar-refractivity contribution in [3.8, 4) is 0 Å². The second-order valence-electron chi connectivity index (χ2n) is 5.71. The Bertz CT molecular complexity index is 460. The molecule has 0 saturated heterocycles. The van der Waals surface area contributed by atoms with Crippen molar-refractivity contribution in [2.75, 3.05) is 0 Å². The maximum absolute atomic E-state index is 12.2. The van der Waals surface area contributed by atoms with Crippen LogP contribution in [0.5, 0.6) is 0 Å². The minimum absolute atomic E-state index is 0.349. The van der Waals surface area contributed by atoms with Crippen LogP contribution >= 0.6 is 0 Å². The lowest BCUT2D eigenvalue weighted by atomic mass is 9.76. The van der Waals surface area contributed by atoms with Gasteiger partial charge in [-0.25, -0.2) is 4.79 Å².